The third kappa shape index (κ3) is 3.50. The van der Waals surface area contributed by atoms with Crippen molar-refractivity contribution in [1.82, 2.24) is 9.55 Å². The fraction of sp³-hybridized carbons (Fsp3) is 0.400. The maximum absolute atomic E-state index is 13.0. The number of aromatic nitrogens is 2. The van der Waals surface area contributed by atoms with Crippen molar-refractivity contribution in [2.45, 2.75) is 51.7 Å². The number of nitrogens with one attached hydrogen (secondary N) is 1. The van der Waals surface area contributed by atoms with E-state index in [0.29, 0.717) is 22.3 Å². The summed E-state index contributed by atoms with van der Waals surface area (Å²) >= 11 is 4.28. The zero-order valence-corrected chi connectivity index (χ0v) is 18.9. The first-order valence-electron chi connectivity index (χ1n) is 9.42. The third-order valence-electron chi connectivity index (χ3n) is 5.19. The van der Waals surface area contributed by atoms with Gasteiger partial charge < -0.3 is 5.32 Å². The summed E-state index contributed by atoms with van der Waals surface area (Å²) < 4.78 is 1.66. The number of fused-ring (bicyclic) bond motifs is 3. The molecule has 0 bridgehead atoms. The zero-order valence-electron chi connectivity index (χ0n) is 16.4. The van der Waals surface area contributed by atoms with Gasteiger partial charge in [-0.3, -0.25) is 14.2 Å². The molecule has 3 aromatic heterocycles. The van der Waals surface area contributed by atoms with E-state index in [-0.39, 0.29) is 17.2 Å². The van der Waals surface area contributed by atoms with Crippen molar-refractivity contribution in [3.63, 3.8) is 0 Å². The molecule has 0 aromatic carbocycles. The van der Waals surface area contributed by atoms with Crippen LogP contribution in [0.1, 0.15) is 39.8 Å². The summed E-state index contributed by atoms with van der Waals surface area (Å²) in [5.41, 5.74) is 2.59. The van der Waals surface area contributed by atoms with Gasteiger partial charge in [-0.1, -0.05) is 11.8 Å². The molecule has 0 radical (unpaired) electrons. The van der Waals surface area contributed by atoms with E-state index < -0.39 is 0 Å². The lowest BCUT2D eigenvalue weighted by Gasteiger charge is -2.10. The highest BCUT2D eigenvalue weighted by molar-refractivity contribution is 7.99. The molecule has 150 valence electrons. The van der Waals surface area contributed by atoms with Gasteiger partial charge in [0.1, 0.15) is 15.9 Å². The van der Waals surface area contributed by atoms with E-state index in [2.05, 4.69) is 11.4 Å². The van der Waals surface area contributed by atoms with Crippen molar-refractivity contribution in [2.75, 3.05) is 11.1 Å². The first-order valence-corrected chi connectivity index (χ1v) is 12.0. The Hall–Kier alpha value is -2.15. The number of nitriles is 1. The lowest BCUT2D eigenvalue weighted by molar-refractivity contribution is -0.113. The molecule has 1 aliphatic carbocycles. The molecular formula is C20H20N4O2S3. The van der Waals surface area contributed by atoms with Crippen LogP contribution in [-0.2, 0) is 24.2 Å². The molecule has 0 saturated carbocycles. The van der Waals surface area contributed by atoms with Crippen LogP contribution in [0, 0.1) is 25.2 Å². The highest BCUT2D eigenvalue weighted by atomic mass is 32.2. The van der Waals surface area contributed by atoms with Gasteiger partial charge in [0, 0.05) is 16.3 Å². The number of anilines is 1. The molecule has 4 rings (SSSR count). The predicted molar refractivity (Wildman–Crippen MR) is 119 cm³/mol. The van der Waals surface area contributed by atoms with Crippen molar-refractivity contribution >= 4 is 55.6 Å². The van der Waals surface area contributed by atoms with Crippen LogP contribution >= 0.6 is 34.4 Å². The van der Waals surface area contributed by atoms with Crippen LogP contribution in [0.2, 0.25) is 0 Å². The third-order valence-corrected chi connectivity index (χ3v) is 8.47. The minimum atomic E-state index is -0.210. The number of thioether (sulfide) groups is 1. The lowest BCUT2D eigenvalue weighted by atomic mass is 10.2. The number of nitrogens with zero attached hydrogens (tertiary/aromatic N) is 3. The largest absolute Gasteiger partial charge is 0.316 e. The van der Waals surface area contributed by atoms with Gasteiger partial charge in [-0.2, -0.15) is 5.26 Å². The minimum absolute atomic E-state index is 0.00363. The van der Waals surface area contributed by atoms with Gasteiger partial charge in [-0.15, -0.1) is 22.7 Å². The average Bonchev–Trinajstić information content (AvgIpc) is 3.34. The van der Waals surface area contributed by atoms with Crippen molar-refractivity contribution < 1.29 is 4.79 Å². The Kier molecular flexibility index (Phi) is 5.51. The maximum atomic E-state index is 13.0. The topological polar surface area (TPSA) is 87.8 Å². The number of thiophene rings is 2. The SMILES string of the molecule is CCn1c(SCC(=O)Nc2sc(C)c(C)c2C#N)nc2sc3c(c2c1=O)CCC3. The molecule has 0 atom stereocenters. The van der Waals surface area contributed by atoms with E-state index in [4.69, 9.17) is 4.98 Å². The van der Waals surface area contributed by atoms with Crippen molar-refractivity contribution in [2.24, 2.45) is 0 Å². The second-order valence-electron chi connectivity index (χ2n) is 6.92. The molecule has 3 aromatic rings. The van der Waals surface area contributed by atoms with Crippen LogP contribution < -0.4 is 10.9 Å². The molecule has 0 spiro atoms. The standard InChI is InChI=1S/C20H20N4O2S3/c1-4-24-19(26)16-12-6-5-7-14(12)29-18(16)23-20(24)27-9-15(25)22-17-13(8-21)10(2)11(3)28-17/h4-7,9H2,1-3H3,(H,22,25). The Morgan fingerprint density at radius 1 is 1.34 bits per heavy atom. The number of rotatable bonds is 5. The van der Waals surface area contributed by atoms with Gasteiger partial charge in [-0.05, 0) is 51.2 Å². The van der Waals surface area contributed by atoms with E-state index in [1.807, 2.05) is 20.8 Å². The summed E-state index contributed by atoms with van der Waals surface area (Å²) in [6.07, 6.45) is 3.07. The van der Waals surface area contributed by atoms with E-state index >= 15 is 0 Å². The van der Waals surface area contributed by atoms with Crippen LogP contribution in [0.5, 0.6) is 0 Å². The summed E-state index contributed by atoms with van der Waals surface area (Å²) in [6.45, 7) is 6.25. The van der Waals surface area contributed by atoms with E-state index in [0.717, 1.165) is 39.9 Å². The number of amides is 1. The van der Waals surface area contributed by atoms with Crippen LogP contribution in [0.3, 0.4) is 0 Å². The lowest BCUT2D eigenvalue weighted by Crippen LogP contribution is -2.23. The Morgan fingerprint density at radius 2 is 2.14 bits per heavy atom. The first kappa shape index (κ1) is 20.1. The predicted octanol–water partition coefficient (Wildman–Crippen LogP) is 4.25. The Labute approximate surface area is 180 Å². The molecule has 0 unspecified atom stereocenters. The number of hydrogen-bond acceptors (Lipinski definition) is 7. The van der Waals surface area contributed by atoms with Crippen molar-refractivity contribution in [3.05, 3.63) is 36.8 Å². The average molecular weight is 445 g/mol. The fourth-order valence-corrected chi connectivity index (χ4v) is 6.78. The molecule has 9 heteroatoms. The van der Waals surface area contributed by atoms with Crippen LogP contribution in [-0.4, -0.2) is 21.2 Å². The van der Waals surface area contributed by atoms with Gasteiger partial charge in [0.25, 0.3) is 5.56 Å². The smallest absolute Gasteiger partial charge is 0.263 e. The molecule has 3 heterocycles. The Morgan fingerprint density at radius 3 is 2.86 bits per heavy atom. The molecule has 0 aliphatic heterocycles. The molecular weight excluding hydrogens is 424 g/mol. The van der Waals surface area contributed by atoms with Gasteiger partial charge >= 0.3 is 0 Å². The summed E-state index contributed by atoms with van der Waals surface area (Å²) in [4.78, 5) is 33.3. The number of hydrogen-bond donors (Lipinski definition) is 1. The second kappa shape index (κ2) is 7.94. The van der Waals surface area contributed by atoms with E-state index in [1.165, 1.54) is 33.5 Å². The van der Waals surface area contributed by atoms with Crippen molar-refractivity contribution in [3.8, 4) is 6.07 Å². The highest BCUT2D eigenvalue weighted by Crippen LogP contribution is 2.36. The van der Waals surface area contributed by atoms with E-state index in [1.54, 1.807) is 15.9 Å². The highest BCUT2D eigenvalue weighted by Gasteiger charge is 2.23. The number of carbonyl (C=O) groups is 1. The minimum Gasteiger partial charge on any atom is -0.316 e. The van der Waals surface area contributed by atoms with Gasteiger partial charge in [0.05, 0.1) is 16.7 Å². The molecule has 1 amide bonds. The van der Waals surface area contributed by atoms with Gasteiger partial charge in [0.2, 0.25) is 5.91 Å². The summed E-state index contributed by atoms with van der Waals surface area (Å²) in [6, 6.07) is 2.16. The monoisotopic (exact) mass is 444 g/mol. The van der Waals surface area contributed by atoms with Crippen LogP contribution in [0.4, 0.5) is 5.00 Å². The van der Waals surface area contributed by atoms with Crippen molar-refractivity contribution in [1.29, 1.82) is 5.26 Å². The maximum Gasteiger partial charge on any atom is 0.263 e. The van der Waals surface area contributed by atoms with Gasteiger partial charge in [-0.25, -0.2) is 4.98 Å². The fourth-order valence-electron chi connectivity index (χ4n) is 3.59. The summed E-state index contributed by atoms with van der Waals surface area (Å²) in [7, 11) is 0. The van der Waals surface area contributed by atoms with E-state index in [9.17, 15) is 14.9 Å². The van der Waals surface area contributed by atoms with Gasteiger partial charge in [0.15, 0.2) is 5.16 Å². The number of aryl methyl sites for hydroxylation is 3. The quantitative estimate of drug-likeness (QED) is 0.470. The Bertz CT molecular complexity index is 1230. The molecule has 6 nitrogen and oxygen atoms in total. The second-order valence-corrected chi connectivity index (χ2v) is 10.2. The Balaban J connectivity index is 1.57. The zero-order chi connectivity index (χ0) is 20.7. The molecule has 1 aliphatic rings. The molecule has 0 saturated heterocycles. The molecule has 1 N–H and O–H groups in total. The molecule has 29 heavy (non-hydrogen) atoms. The number of carbonyl (C=O) groups excluding carboxylic acids is 1. The summed E-state index contributed by atoms with van der Waals surface area (Å²) in [5.74, 6) is -0.0809. The normalized spacial score (nSPS) is 12.9. The first-order chi connectivity index (χ1) is 13.9. The van der Waals surface area contributed by atoms with Crippen LogP contribution in [0.15, 0.2) is 9.95 Å². The molecule has 0 fully saturated rings. The van der Waals surface area contributed by atoms with Crippen LogP contribution in [0.25, 0.3) is 10.2 Å². The summed E-state index contributed by atoms with van der Waals surface area (Å²) in [5, 5.41) is 14.1.